The molecule has 1 N–H and O–H groups in total. The van der Waals surface area contributed by atoms with Gasteiger partial charge in [0.05, 0.1) is 5.56 Å². The van der Waals surface area contributed by atoms with E-state index in [4.69, 9.17) is 0 Å². The molecule has 1 fully saturated rings. The van der Waals surface area contributed by atoms with Gasteiger partial charge in [-0.3, -0.25) is 4.79 Å². The van der Waals surface area contributed by atoms with Gasteiger partial charge in [-0.1, -0.05) is 15.9 Å². The van der Waals surface area contributed by atoms with Crippen molar-refractivity contribution in [1.29, 1.82) is 0 Å². The first-order valence-electron chi connectivity index (χ1n) is 6.13. The predicted octanol–water partition coefficient (Wildman–Crippen LogP) is 4.09. The highest BCUT2D eigenvalue weighted by Gasteiger charge is 2.33. The van der Waals surface area contributed by atoms with Gasteiger partial charge in [-0.2, -0.15) is 24.9 Å². The Morgan fingerprint density at radius 2 is 2.15 bits per heavy atom. The number of benzene rings is 1. The standard InChI is InChI=1S/C13H13BrF3NOS/c14-11-4-3-8(6-10(11)13(15,16)17)12(19)18-9-2-1-5-20-7-9/h3-4,6,9H,1-2,5,7H2,(H,18,19). The summed E-state index contributed by atoms with van der Waals surface area (Å²) in [6.45, 7) is 0. The number of rotatable bonds is 2. The van der Waals surface area contributed by atoms with E-state index in [0.717, 1.165) is 30.4 Å². The van der Waals surface area contributed by atoms with Gasteiger partial charge in [-0.25, -0.2) is 0 Å². The van der Waals surface area contributed by atoms with Gasteiger partial charge in [-0.05, 0) is 36.8 Å². The maximum atomic E-state index is 12.8. The molecule has 1 aliphatic heterocycles. The van der Waals surface area contributed by atoms with Gasteiger partial charge in [-0.15, -0.1) is 0 Å². The third kappa shape index (κ3) is 3.91. The van der Waals surface area contributed by atoms with Gasteiger partial charge in [0.15, 0.2) is 0 Å². The van der Waals surface area contributed by atoms with Crippen LogP contribution in [-0.4, -0.2) is 23.5 Å². The van der Waals surface area contributed by atoms with Gasteiger partial charge in [0.1, 0.15) is 0 Å². The first kappa shape index (κ1) is 15.7. The maximum absolute atomic E-state index is 12.8. The van der Waals surface area contributed by atoms with Crippen LogP contribution in [0.5, 0.6) is 0 Å². The molecule has 7 heteroatoms. The zero-order valence-electron chi connectivity index (χ0n) is 10.5. The van der Waals surface area contributed by atoms with E-state index in [2.05, 4.69) is 21.2 Å². The topological polar surface area (TPSA) is 29.1 Å². The highest BCUT2D eigenvalue weighted by molar-refractivity contribution is 9.10. The minimum absolute atomic E-state index is 0.0381. The summed E-state index contributed by atoms with van der Waals surface area (Å²) >= 11 is 4.61. The number of carbonyl (C=O) groups is 1. The molecule has 0 aliphatic carbocycles. The van der Waals surface area contributed by atoms with Crippen molar-refractivity contribution in [2.24, 2.45) is 0 Å². The Labute approximate surface area is 127 Å². The van der Waals surface area contributed by atoms with E-state index in [1.54, 1.807) is 11.8 Å². The van der Waals surface area contributed by atoms with Gasteiger partial charge < -0.3 is 5.32 Å². The number of carbonyl (C=O) groups excluding carboxylic acids is 1. The molecule has 0 radical (unpaired) electrons. The summed E-state index contributed by atoms with van der Waals surface area (Å²) in [7, 11) is 0. The molecule has 1 atom stereocenters. The predicted molar refractivity (Wildman–Crippen MR) is 77.0 cm³/mol. The Kier molecular flexibility index (Phi) is 5.01. The first-order valence-corrected chi connectivity index (χ1v) is 8.08. The summed E-state index contributed by atoms with van der Waals surface area (Å²) in [5.74, 6) is 1.44. The van der Waals surface area contributed by atoms with E-state index < -0.39 is 17.6 Å². The Morgan fingerprint density at radius 1 is 1.40 bits per heavy atom. The summed E-state index contributed by atoms with van der Waals surface area (Å²) in [6, 6.07) is 3.58. The molecule has 0 bridgehead atoms. The molecule has 1 aromatic rings. The first-order chi connectivity index (χ1) is 9.38. The summed E-state index contributed by atoms with van der Waals surface area (Å²) in [5, 5.41) is 2.79. The van der Waals surface area contributed by atoms with Crippen molar-refractivity contribution in [3.63, 3.8) is 0 Å². The van der Waals surface area contributed by atoms with E-state index >= 15 is 0 Å². The molecule has 1 aromatic carbocycles. The molecule has 0 aromatic heterocycles. The van der Waals surface area contributed by atoms with Crippen LogP contribution < -0.4 is 5.32 Å². The molecule has 1 amide bonds. The molecule has 2 nitrogen and oxygen atoms in total. The largest absolute Gasteiger partial charge is 0.417 e. The molecule has 0 spiro atoms. The highest BCUT2D eigenvalue weighted by Crippen LogP contribution is 2.35. The lowest BCUT2D eigenvalue weighted by molar-refractivity contribution is -0.138. The van der Waals surface area contributed by atoms with Crippen LogP contribution >= 0.6 is 27.7 Å². The maximum Gasteiger partial charge on any atom is 0.417 e. The average molecular weight is 368 g/mol. The van der Waals surface area contributed by atoms with Crippen molar-refractivity contribution in [2.75, 3.05) is 11.5 Å². The fraction of sp³-hybridized carbons (Fsp3) is 0.462. The minimum Gasteiger partial charge on any atom is -0.348 e. The lowest BCUT2D eigenvalue weighted by Gasteiger charge is -2.22. The summed E-state index contributed by atoms with van der Waals surface area (Å²) < 4.78 is 38.3. The van der Waals surface area contributed by atoms with E-state index in [9.17, 15) is 18.0 Å². The van der Waals surface area contributed by atoms with E-state index in [1.165, 1.54) is 12.1 Å². The summed E-state index contributed by atoms with van der Waals surface area (Å²) in [6.07, 6.45) is -2.58. The smallest absolute Gasteiger partial charge is 0.348 e. The van der Waals surface area contributed by atoms with E-state index in [1.807, 2.05) is 0 Å². The third-order valence-corrected chi connectivity index (χ3v) is 4.94. The van der Waals surface area contributed by atoms with Crippen molar-refractivity contribution in [2.45, 2.75) is 25.1 Å². The van der Waals surface area contributed by atoms with Crippen molar-refractivity contribution >= 4 is 33.6 Å². The van der Waals surface area contributed by atoms with Gasteiger partial charge >= 0.3 is 6.18 Å². The van der Waals surface area contributed by atoms with Crippen molar-refractivity contribution < 1.29 is 18.0 Å². The number of hydrogen-bond donors (Lipinski definition) is 1. The third-order valence-electron chi connectivity index (χ3n) is 3.03. The zero-order valence-corrected chi connectivity index (χ0v) is 12.9. The molecule has 20 heavy (non-hydrogen) atoms. The van der Waals surface area contributed by atoms with Crippen LogP contribution in [0.2, 0.25) is 0 Å². The normalized spacial score (nSPS) is 19.7. The van der Waals surface area contributed by atoms with Crippen LogP contribution in [0.25, 0.3) is 0 Å². The van der Waals surface area contributed by atoms with Crippen LogP contribution in [-0.2, 0) is 6.18 Å². The van der Waals surface area contributed by atoms with E-state index in [-0.39, 0.29) is 16.1 Å². The molecule has 1 saturated heterocycles. The molecule has 1 aliphatic rings. The molecule has 0 saturated carbocycles. The Bertz CT molecular complexity index is 501. The van der Waals surface area contributed by atoms with Gasteiger partial charge in [0, 0.05) is 21.8 Å². The molecular weight excluding hydrogens is 355 g/mol. The molecular formula is C13H13BrF3NOS. The lowest BCUT2D eigenvalue weighted by Crippen LogP contribution is -2.38. The lowest BCUT2D eigenvalue weighted by atomic mass is 10.1. The number of amides is 1. The summed E-state index contributed by atoms with van der Waals surface area (Å²) in [5.41, 5.74) is -0.792. The molecule has 1 unspecified atom stereocenters. The number of nitrogens with one attached hydrogen (secondary N) is 1. The summed E-state index contributed by atoms with van der Waals surface area (Å²) in [4.78, 5) is 12.0. The quantitative estimate of drug-likeness (QED) is 0.852. The number of hydrogen-bond acceptors (Lipinski definition) is 2. The van der Waals surface area contributed by atoms with Crippen LogP contribution in [0.3, 0.4) is 0 Å². The average Bonchev–Trinajstić information content (AvgIpc) is 2.39. The van der Waals surface area contributed by atoms with Crippen LogP contribution in [0.1, 0.15) is 28.8 Å². The number of thioether (sulfide) groups is 1. The number of alkyl halides is 3. The zero-order chi connectivity index (χ0) is 14.8. The SMILES string of the molecule is O=C(NC1CCCSC1)c1ccc(Br)c(C(F)(F)F)c1. The van der Waals surface area contributed by atoms with Crippen molar-refractivity contribution in [3.05, 3.63) is 33.8 Å². The van der Waals surface area contributed by atoms with Crippen LogP contribution in [0, 0.1) is 0 Å². The van der Waals surface area contributed by atoms with Crippen LogP contribution in [0.4, 0.5) is 13.2 Å². The van der Waals surface area contributed by atoms with Crippen LogP contribution in [0.15, 0.2) is 22.7 Å². The van der Waals surface area contributed by atoms with Crippen molar-refractivity contribution in [1.82, 2.24) is 5.32 Å². The second-order valence-electron chi connectivity index (χ2n) is 4.58. The molecule has 2 rings (SSSR count). The Hall–Kier alpha value is -0.690. The van der Waals surface area contributed by atoms with Crippen molar-refractivity contribution in [3.8, 4) is 0 Å². The fourth-order valence-corrected chi connectivity index (χ4v) is 3.55. The van der Waals surface area contributed by atoms with Gasteiger partial charge in [0.25, 0.3) is 5.91 Å². The Morgan fingerprint density at radius 3 is 2.75 bits per heavy atom. The molecule has 110 valence electrons. The second-order valence-corrected chi connectivity index (χ2v) is 6.58. The molecule has 1 heterocycles. The van der Waals surface area contributed by atoms with Gasteiger partial charge in [0.2, 0.25) is 0 Å². The fourth-order valence-electron chi connectivity index (χ4n) is 2.01. The second kappa shape index (κ2) is 6.39. The minimum atomic E-state index is -4.48. The van der Waals surface area contributed by atoms with E-state index in [0.29, 0.717) is 0 Å². The number of halogens is 4. The highest BCUT2D eigenvalue weighted by atomic mass is 79.9. The monoisotopic (exact) mass is 367 g/mol. The Balaban J connectivity index is 2.13.